The molecule has 1 aromatic heterocycles. The Hall–Kier alpha value is -3.08. The first kappa shape index (κ1) is 15.2. The van der Waals surface area contributed by atoms with Crippen LogP contribution in [-0.4, -0.2) is 28.2 Å². The van der Waals surface area contributed by atoms with Crippen LogP contribution in [0.2, 0.25) is 0 Å². The average molecular weight is 344 g/mol. The molecule has 26 heavy (non-hydrogen) atoms. The van der Waals surface area contributed by atoms with Crippen LogP contribution in [0.15, 0.2) is 60.9 Å². The lowest BCUT2D eigenvalue weighted by Crippen LogP contribution is -2.54. The van der Waals surface area contributed by atoms with Crippen molar-refractivity contribution in [1.82, 2.24) is 15.5 Å². The minimum Gasteiger partial charge on any atom is -0.354 e. The van der Waals surface area contributed by atoms with Crippen LogP contribution in [-0.2, 0) is 11.2 Å². The highest BCUT2D eigenvalue weighted by atomic mass is 16.2. The van der Waals surface area contributed by atoms with Gasteiger partial charge in [0.1, 0.15) is 5.54 Å². The molecule has 1 saturated heterocycles. The molecule has 1 atom stereocenters. The number of hydrogen-bond donors (Lipinski definition) is 2. The number of amides is 1. The van der Waals surface area contributed by atoms with Crippen molar-refractivity contribution in [2.45, 2.75) is 24.8 Å². The molecule has 3 heterocycles. The van der Waals surface area contributed by atoms with Crippen molar-refractivity contribution in [3.63, 3.8) is 0 Å². The van der Waals surface area contributed by atoms with Gasteiger partial charge in [0.15, 0.2) is 0 Å². The van der Waals surface area contributed by atoms with E-state index in [1.807, 2.05) is 12.4 Å². The first-order chi connectivity index (χ1) is 12.8. The van der Waals surface area contributed by atoms with Gasteiger partial charge in [0, 0.05) is 29.7 Å². The van der Waals surface area contributed by atoms with Crippen molar-refractivity contribution < 1.29 is 4.79 Å². The van der Waals surface area contributed by atoms with Crippen LogP contribution in [0, 0.1) is 0 Å². The summed E-state index contributed by atoms with van der Waals surface area (Å²) in [5, 5.41) is 9.92. The van der Waals surface area contributed by atoms with E-state index in [0.29, 0.717) is 0 Å². The molecule has 1 unspecified atom stereocenters. The lowest BCUT2D eigenvalue weighted by Gasteiger charge is -2.45. The lowest BCUT2D eigenvalue weighted by atomic mass is 9.82. The fourth-order valence-corrected chi connectivity index (χ4v) is 4.33. The second-order valence-corrected chi connectivity index (χ2v) is 7.04. The van der Waals surface area contributed by atoms with Crippen LogP contribution < -0.4 is 10.2 Å². The molecule has 1 spiro atoms. The van der Waals surface area contributed by atoms with E-state index in [-0.39, 0.29) is 5.91 Å². The molecule has 2 aliphatic rings. The summed E-state index contributed by atoms with van der Waals surface area (Å²) in [6, 6.07) is 16.8. The molecule has 5 nitrogen and oxygen atoms in total. The Kier molecular flexibility index (Phi) is 3.35. The number of aromatic amines is 1. The van der Waals surface area contributed by atoms with Gasteiger partial charge in [0.2, 0.25) is 5.91 Å². The number of carbonyl (C=O) groups is 1. The summed E-state index contributed by atoms with van der Waals surface area (Å²) in [7, 11) is 0. The van der Waals surface area contributed by atoms with Crippen LogP contribution in [0.4, 0.5) is 11.4 Å². The molecule has 2 aliphatic heterocycles. The third-order valence-corrected chi connectivity index (χ3v) is 5.67. The lowest BCUT2D eigenvalue weighted by molar-refractivity contribution is -0.123. The quantitative estimate of drug-likeness (QED) is 0.749. The maximum atomic E-state index is 12.8. The zero-order valence-electron chi connectivity index (χ0n) is 14.4. The molecule has 2 aromatic carbocycles. The number of anilines is 2. The van der Waals surface area contributed by atoms with Crippen LogP contribution in [0.3, 0.4) is 0 Å². The Labute approximate surface area is 152 Å². The van der Waals surface area contributed by atoms with E-state index < -0.39 is 5.54 Å². The van der Waals surface area contributed by atoms with E-state index in [0.717, 1.165) is 48.3 Å². The number of carbonyl (C=O) groups excluding carboxylic acids is 1. The minimum atomic E-state index is -0.481. The van der Waals surface area contributed by atoms with Crippen LogP contribution >= 0.6 is 0 Å². The van der Waals surface area contributed by atoms with E-state index in [1.165, 1.54) is 5.56 Å². The summed E-state index contributed by atoms with van der Waals surface area (Å²) in [5.41, 5.74) is 5.19. The molecule has 1 amide bonds. The van der Waals surface area contributed by atoms with Crippen LogP contribution in [0.5, 0.6) is 0 Å². The third-order valence-electron chi connectivity index (χ3n) is 5.67. The highest BCUT2D eigenvalue weighted by molar-refractivity contribution is 5.96. The fourth-order valence-electron chi connectivity index (χ4n) is 4.33. The van der Waals surface area contributed by atoms with Gasteiger partial charge in [-0.3, -0.25) is 9.89 Å². The summed E-state index contributed by atoms with van der Waals surface area (Å²) >= 11 is 0. The number of rotatable bonds is 2. The number of H-pyrrole nitrogens is 1. The Morgan fingerprint density at radius 3 is 2.58 bits per heavy atom. The van der Waals surface area contributed by atoms with E-state index in [1.54, 1.807) is 0 Å². The van der Waals surface area contributed by atoms with Gasteiger partial charge in [-0.2, -0.15) is 5.10 Å². The van der Waals surface area contributed by atoms with E-state index in [2.05, 4.69) is 68.9 Å². The maximum absolute atomic E-state index is 12.8. The van der Waals surface area contributed by atoms with Gasteiger partial charge in [-0.1, -0.05) is 30.3 Å². The topological polar surface area (TPSA) is 61.0 Å². The first-order valence-corrected chi connectivity index (χ1v) is 9.04. The number of aromatic nitrogens is 2. The van der Waals surface area contributed by atoms with Crippen molar-refractivity contribution in [2.24, 2.45) is 0 Å². The maximum Gasteiger partial charge on any atom is 0.246 e. The van der Waals surface area contributed by atoms with Gasteiger partial charge in [0.05, 0.1) is 6.20 Å². The van der Waals surface area contributed by atoms with E-state index in [9.17, 15) is 4.79 Å². The van der Waals surface area contributed by atoms with Crippen molar-refractivity contribution in [2.75, 3.05) is 11.4 Å². The molecule has 0 radical (unpaired) electrons. The van der Waals surface area contributed by atoms with E-state index in [4.69, 9.17) is 0 Å². The predicted molar refractivity (Wildman–Crippen MR) is 101 cm³/mol. The molecule has 2 N–H and O–H groups in total. The van der Waals surface area contributed by atoms with Crippen molar-refractivity contribution >= 4 is 17.3 Å². The van der Waals surface area contributed by atoms with Gasteiger partial charge in [0.25, 0.3) is 0 Å². The summed E-state index contributed by atoms with van der Waals surface area (Å²) < 4.78 is 0. The van der Waals surface area contributed by atoms with Crippen LogP contribution in [0.1, 0.15) is 18.4 Å². The number of para-hydroxylation sites is 1. The largest absolute Gasteiger partial charge is 0.354 e. The zero-order chi connectivity index (χ0) is 17.6. The molecule has 0 saturated carbocycles. The Morgan fingerprint density at radius 1 is 1.00 bits per heavy atom. The van der Waals surface area contributed by atoms with Gasteiger partial charge in [-0.05, 0) is 48.6 Å². The number of nitrogens with zero attached hydrogens (tertiary/aromatic N) is 2. The second kappa shape index (κ2) is 5.73. The minimum absolute atomic E-state index is 0.144. The molecule has 130 valence electrons. The standard InChI is InChI=1S/C21H20N4O/c26-20-21(11-12-22-20)10-9-16-3-1-2-4-19(16)25(21)18-7-5-15(6-8-18)17-13-23-24-14-17/h1-8,13-14H,9-12H2,(H,22,26)(H,23,24). The number of hydrogen-bond acceptors (Lipinski definition) is 3. The van der Waals surface area contributed by atoms with E-state index >= 15 is 0 Å². The summed E-state index contributed by atoms with van der Waals surface area (Å²) in [6.45, 7) is 0.741. The number of benzene rings is 2. The molecule has 5 heteroatoms. The van der Waals surface area contributed by atoms with Crippen LogP contribution in [0.25, 0.3) is 11.1 Å². The Bertz CT molecular complexity index is 948. The first-order valence-electron chi connectivity index (χ1n) is 9.04. The van der Waals surface area contributed by atoms with Gasteiger partial charge < -0.3 is 10.2 Å². The number of aryl methyl sites for hydroxylation is 1. The highest BCUT2D eigenvalue weighted by Crippen LogP contribution is 2.45. The summed E-state index contributed by atoms with van der Waals surface area (Å²) in [4.78, 5) is 15.1. The normalized spacial score (nSPS) is 21.7. The summed E-state index contributed by atoms with van der Waals surface area (Å²) in [5.74, 6) is 0.144. The van der Waals surface area contributed by atoms with Gasteiger partial charge >= 0.3 is 0 Å². The van der Waals surface area contributed by atoms with Gasteiger partial charge in [-0.15, -0.1) is 0 Å². The molecule has 0 bridgehead atoms. The Balaban J connectivity index is 1.63. The molecule has 0 aliphatic carbocycles. The smallest absolute Gasteiger partial charge is 0.246 e. The number of nitrogens with one attached hydrogen (secondary N) is 2. The SMILES string of the molecule is O=C1NCCC12CCc1ccccc1N2c1ccc(-c2cn[nH]c2)cc1. The number of fused-ring (bicyclic) bond motifs is 1. The summed E-state index contributed by atoms with van der Waals surface area (Å²) in [6.07, 6.45) is 6.32. The monoisotopic (exact) mass is 344 g/mol. The predicted octanol–water partition coefficient (Wildman–Crippen LogP) is 3.42. The van der Waals surface area contributed by atoms with Crippen molar-refractivity contribution in [3.05, 3.63) is 66.5 Å². The molecular weight excluding hydrogens is 324 g/mol. The molecule has 3 aromatic rings. The average Bonchev–Trinajstić information content (AvgIpc) is 3.33. The highest BCUT2D eigenvalue weighted by Gasteiger charge is 2.50. The molecule has 1 fully saturated rings. The second-order valence-electron chi connectivity index (χ2n) is 7.04. The zero-order valence-corrected chi connectivity index (χ0v) is 14.4. The molecule has 5 rings (SSSR count). The van der Waals surface area contributed by atoms with Crippen molar-refractivity contribution in [1.29, 1.82) is 0 Å². The fraction of sp³-hybridized carbons (Fsp3) is 0.238. The molecular formula is C21H20N4O. The van der Waals surface area contributed by atoms with Crippen molar-refractivity contribution in [3.8, 4) is 11.1 Å². The van der Waals surface area contributed by atoms with Gasteiger partial charge in [-0.25, -0.2) is 0 Å². The Morgan fingerprint density at radius 2 is 1.85 bits per heavy atom. The third kappa shape index (κ3) is 2.17.